The van der Waals surface area contributed by atoms with E-state index in [9.17, 15) is 0 Å². The van der Waals surface area contributed by atoms with Crippen LogP contribution in [0.5, 0.6) is 5.75 Å². The lowest BCUT2D eigenvalue weighted by atomic mass is 10.1. The van der Waals surface area contributed by atoms with Crippen molar-refractivity contribution in [3.8, 4) is 11.4 Å². The van der Waals surface area contributed by atoms with E-state index >= 15 is 0 Å². The van der Waals surface area contributed by atoms with Crippen molar-refractivity contribution in [1.82, 2.24) is 9.78 Å². The summed E-state index contributed by atoms with van der Waals surface area (Å²) in [4.78, 5) is 0. The minimum Gasteiger partial charge on any atom is -0.496 e. The number of nitrogens with zero attached hydrogens (tertiary/aromatic N) is 2. The van der Waals surface area contributed by atoms with E-state index in [1.54, 1.807) is 18.0 Å². The molecule has 0 radical (unpaired) electrons. The number of fused-ring (bicyclic) bond motifs is 3. The number of para-hydroxylation sites is 1. The maximum absolute atomic E-state index is 6.01. The van der Waals surface area contributed by atoms with Crippen molar-refractivity contribution in [2.75, 3.05) is 7.11 Å². The molecule has 0 atom stereocenters. The van der Waals surface area contributed by atoms with Gasteiger partial charge in [-0.1, -0.05) is 18.2 Å². The van der Waals surface area contributed by atoms with Crippen LogP contribution in [0.3, 0.4) is 0 Å². The zero-order valence-corrected chi connectivity index (χ0v) is 10.9. The zero-order valence-electron chi connectivity index (χ0n) is 10.9. The molecule has 0 aliphatic rings. The second-order valence-corrected chi connectivity index (χ2v) is 4.54. The Morgan fingerprint density at radius 2 is 2.00 bits per heavy atom. The quantitative estimate of drug-likeness (QED) is 0.553. The number of hydrogen-bond acceptors (Lipinski definition) is 3. The highest BCUT2D eigenvalue weighted by molar-refractivity contribution is 6.10. The molecule has 0 bridgehead atoms. The lowest BCUT2D eigenvalue weighted by Gasteiger charge is -2.06. The molecule has 4 aromatic rings. The fraction of sp³-hybridized carbons (Fsp3) is 0.0625. The molecule has 0 saturated carbocycles. The summed E-state index contributed by atoms with van der Waals surface area (Å²) in [6, 6.07) is 13.7. The van der Waals surface area contributed by atoms with Gasteiger partial charge in [0.2, 0.25) is 0 Å². The number of rotatable bonds is 2. The molecule has 4 nitrogen and oxygen atoms in total. The number of furan rings is 1. The Balaban J connectivity index is 2.18. The maximum Gasteiger partial charge on any atom is 0.164 e. The van der Waals surface area contributed by atoms with Crippen molar-refractivity contribution in [1.29, 1.82) is 0 Å². The number of aromatic nitrogens is 2. The Labute approximate surface area is 115 Å². The minimum absolute atomic E-state index is 0.786. The standard InChI is InChI=1S/C16H12N2O2/c1-19-14-8-7-12(18-10-4-9-17-18)16-15(14)11-5-2-3-6-13(11)20-16/h2-10H,1H3. The normalized spacial score (nSPS) is 11.2. The van der Waals surface area contributed by atoms with Gasteiger partial charge in [0.05, 0.1) is 12.5 Å². The number of benzene rings is 2. The average molecular weight is 264 g/mol. The molecule has 0 unspecified atom stereocenters. The van der Waals surface area contributed by atoms with Gasteiger partial charge in [-0.05, 0) is 24.3 Å². The van der Waals surface area contributed by atoms with E-state index < -0.39 is 0 Å². The van der Waals surface area contributed by atoms with Gasteiger partial charge in [0.15, 0.2) is 5.58 Å². The molecule has 4 rings (SSSR count). The van der Waals surface area contributed by atoms with Gasteiger partial charge in [-0.25, -0.2) is 4.68 Å². The summed E-state index contributed by atoms with van der Waals surface area (Å²) in [6.45, 7) is 0. The summed E-state index contributed by atoms with van der Waals surface area (Å²) < 4.78 is 13.3. The molecule has 0 fully saturated rings. The van der Waals surface area contributed by atoms with Gasteiger partial charge in [-0.2, -0.15) is 5.10 Å². The van der Waals surface area contributed by atoms with E-state index in [-0.39, 0.29) is 0 Å². The van der Waals surface area contributed by atoms with E-state index in [4.69, 9.17) is 9.15 Å². The molecule has 4 heteroatoms. The largest absolute Gasteiger partial charge is 0.496 e. The SMILES string of the molecule is COc1ccc(-n2cccn2)c2oc3ccccc3c12. The van der Waals surface area contributed by atoms with Crippen LogP contribution in [0.15, 0.2) is 59.3 Å². The monoisotopic (exact) mass is 264 g/mol. The molecule has 0 aliphatic heterocycles. The van der Waals surface area contributed by atoms with Crippen molar-refractivity contribution < 1.29 is 9.15 Å². The van der Waals surface area contributed by atoms with Gasteiger partial charge in [-0.3, -0.25) is 0 Å². The molecule has 0 spiro atoms. The molecular weight excluding hydrogens is 252 g/mol. The van der Waals surface area contributed by atoms with Crippen LogP contribution in [0, 0.1) is 0 Å². The van der Waals surface area contributed by atoms with Gasteiger partial charge in [0.1, 0.15) is 17.0 Å². The molecule has 20 heavy (non-hydrogen) atoms. The van der Waals surface area contributed by atoms with Crippen molar-refractivity contribution in [3.63, 3.8) is 0 Å². The predicted molar refractivity (Wildman–Crippen MR) is 77.4 cm³/mol. The first kappa shape index (κ1) is 11.1. The van der Waals surface area contributed by atoms with Crippen LogP contribution in [-0.4, -0.2) is 16.9 Å². The highest BCUT2D eigenvalue weighted by Gasteiger charge is 2.16. The van der Waals surface area contributed by atoms with E-state index in [1.807, 2.05) is 48.7 Å². The Bertz CT molecular complexity index is 892. The molecule has 0 saturated heterocycles. The Morgan fingerprint density at radius 3 is 2.80 bits per heavy atom. The molecule has 2 aromatic heterocycles. The highest BCUT2D eigenvalue weighted by Crippen LogP contribution is 2.38. The smallest absolute Gasteiger partial charge is 0.164 e. The third-order valence-electron chi connectivity index (χ3n) is 3.44. The van der Waals surface area contributed by atoms with E-state index in [0.717, 1.165) is 33.4 Å². The summed E-state index contributed by atoms with van der Waals surface area (Å²) in [7, 11) is 1.67. The fourth-order valence-corrected chi connectivity index (χ4v) is 2.55. The third-order valence-corrected chi connectivity index (χ3v) is 3.44. The Kier molecular flexibility index (Phi) is 2.29. The van der Waals surface area contributed by atoms with E-state index in [1.165, 1.54) is 0 Å². The van der Waals surface area contributed by atoms with Crippen LogP contribution >= 0.6 is 0 Å². The zero-order chi connectivity index (χ0) is 13.5. The van der Waals surface area contributed by atoms with E-state index in [2.05, 4.69) is 5.10 Å². The Hall–Kier alpha value is -2.75. The highest BCUT2D eigenvalue weighted by atomic mass is 16.5. The second-order valence-electron chi connectivity index (χ2n) is 4.54. The van der Waals surface area contributed by atoms with Crippen LogP contribution in [0.25, 0.3) is 27.6 Å². The molecule has 0 N–H and O–H groups in total. The van der Waals surface area contributed by atoms with Crippen molar-refractivity contribution in [2.24, 2.45) is 0 Å². The summed E-state index contributed by atoms with van der Waals surface area (Å²) in [5, 5.41) is 6.31. The van der Waals surface area contributed by atoms with Gasteiger partial charge in [0.25, 0.3) is 0 Å². The van der Waals surface area contributed by atoms with Gasteiger partial charge in [-0.15, -0.1) is 0 Å². The lowest BCUT2D eigenvalue weighted by Crippen LogP contribution is -1.95. The summed E-state index contributed by atoms with van der Waals surface area (Å²) in [6.07, 6.45) is 3.65. The fourth-order valence-electron chi connectivity index (χ4n) is 2.55. The predicted octanol–water partition coefficient (Wildman–Crippen LogP) is 3.78. The van der Waals surface area contributed by atoms with Crippen molar-refractivity contribution in [3.05, 3.63) is 54.9 Å². The lowest BCUT2D eigenvalue weighted by molar-refractivity contribution is 0.419. The van der Waals surface area contributed by atoms with Crippen LogP contribution in [0.2, 0.25) is 0 Å². The molecular formula is C16H12N2O2. The maximum atomic E-state index is 6.01. The van der Waals surface area contributed by atoms with Crippen molar-refractivity contribution >= 4 is 21.9 Å². The van der Waals surface area contributed by atoms with Gasteiger partial charge >= 0.3 is 0 Å². The first-order chi connectivity index (χ1) is 9.88. The number of methoxy groups -OCH3 is 1. The van der Waals surface area contributed by atoms with Crippen LogP contribution in [0.4, 0.5) is 0 Å². The Morgan fingerprint density at radius 1 is 1.10 bits per heavy atom. The van der Waals surface area contributed by atoms with Gasteiger partial charge < -0.3 is 9.15 Å². The first-order valence-electron chi connectivity index (χ1n) is 6.37. The molecule has 0 aliphatic carbocycles. The number of ether oxygens (including phenoxy) is 1. The second kappa shape index (κ2) is 4.13. The van der Waals surface area contributed by atoms with Gasteiger partial charge in [0, 0.05) is 17.8 Å². The molecule has 98 valence electrons. The average Bonchev–Trinajstić information content (AvgIpc) is 3.13. The van der Waals surface area contributed by atoms with Crippen LogP contribution < -0.4 is 4.74 Å². The molecule has 0 amide bonds. The minimum atomic E-state index is 0.786. The van der Waals surface area contributed by atoms with Crippen molar-refractivity contribution in [2.45, 2.75) is 0 Å². The third kappa shape index (κ3) is 1.45. The van der Waals surface area contributed by atoms with E-state index in [0.29, 0.717) is 0 Å². The topological polar surface area (TPSA) is 40.2 Å². The summed E-state index contributed by atoms with van der Waals surface area (Å²) in [5.74, 6) is 0.806. The summed E-state index contributed by atoms with van der Waals surface area (Å²) >= 11 is 0. The summed E-state index contributed by atoms with van der Waals surface area (Å²) in [5.41, 5.74) is 2.54. The molecule has 2 heterocycles. The first-order valence-corrected chi connectivity index (χ1v) is 6.37. The molecule has 2 aromatic carbocycles. The van der Waals surface area contributed by atoms with Crippen LogP contribution in [-0.2, 0) is 0 Å². The van der Waals surface area contributed by atoms with Crippen LogP contribution in [0.1, 0.15) is 0 Å². The number of hydrogen-bond donors (Lipinski definition) is 0.